The lowest BCUT2D eigenvalue weighted by atomic mass is 9.76. The summed E-state index contributed by atoms with van der Waals surface area (Å²) in [6, 6.07) is 7.68. The number of carbonyl (C=O) groups is 1. The monoisotopic (exact) mass is 276 g/mol. The van der Waals surface area contributed by atoms with Gasteiger partial charge in [0, 0.05) is 6.54 Å². The second-order valence-electron chi connectivity index (χ2n) is 5.89. The van der Waals surface area contributed by atoms with Crippen LogP contribution in [0, 0.1) is 5.92 Å². The van der Waals surface area contributed by atoms with Crippen molar-refractivity contribution in [2.75, 3.05) is 7.11 Å². The minimum absolute atomic E-state index is 0.0279. The summed E-state index contributed by atoms with van der Waals surface area (Å²) >= 11 is 0. The number of hydrogen-bond donors (Lipinski definition) is 2. The van der Waals surface area contributed by atoms with E-state index in [1.165, 1.54) is 6.42 Å². The summed E-state index contributed by atoms with van der Waals surface area (Å²) in [6.45, 7) is 2.67. The van der Waals surface area contributed by atoms with E-state index in [2.05, 4.69) is 12.2 Å². The van der Waals surface area contributed by atoms with Crippen LogP contribution in [0.1, 0.15) is 38.2 Å². The van der Waals surface area contributed by atoms with Crippen LogP contribution in [-0.4, -0.2) is 18.6 Å². The van der Waals surface area contributed by atoms with Crippen molar-refractivity contribution in [3.63, 3.8) is 0 Å². The van der Waals surface area contributed by atoms with Crippen molar-refractivity contribution in [2.24, 2.45) is 11.7 Å². The molecule has 0 bridgehead atoms. The highest BCUT2D eigenvalue weighted by molar-refractivity contribution is 5.86. The molecule has 4 heteroatoms. The minimum Gasteiger partial charge on any atom is -0.497 e. The van der Waals surface area contributed by atoms with Gasteiger partial charge in [-0.1, -0.05) is 31.9 Å². The standard InChI is InChI=1S/C16H24N2O2/c1-12-4-3-9-16(17,10-12)15(19)18-11-13-5-7-14(20-2)8-6-13/h5-8,12H,3-4,9-11,17H2,1-2H3,(H,18,19). The molecule has 3 N–H and O–H groups in total. The first-order chi connectivity index (χ1) is 9.53. The van der Waals surface area contributed by atoms with Crippen molar-refractivity contribution in [1.29, 1.82) is 0 Å². The Morgan fingerprint density at radius 3 is 2.75 bits per heavy atom. The Morgan fingerprint density at radius 2 is 2.15 bits per heavy atom. The summed E-state index contributed by atoms with van der Waals surface area (Å²) in [5.41, 5.74) is 6.63. The number of carbonyl (C=O) groups excluding carboxylic acids is 1. The molecule has 1 aliphatic carbocycles. The van der Waals surface area contributed by atoms with E-state index in [9.17, 15) is 4.79 Å². The molecule has 0 spiro atoms. The van der Waals surface area contributed by atoms with E-state index in [0.717, 1.165) is 30.6 Å². The normalized spacial score (nSPS) is 26.1. The first-order valence-corrected chi connectivity index (χ1v) is 7.23. The van der Waals surface area contributed by atoms with Crippen molar-refractivity contribution >= 4 is 5.91 Å². The van der Waals surface area contributed by atoms with Crippen molar-refractivity contribution in [3.8, 4) is 5.75 Å². The number of hydrogen-bond acceptors (Lipinski definition) is 3. The fourth-order valence-corrected chi connectivity index (χ4v) is 2.90. The Morgan fingerprint density at radius 1 is 1.45 bits per heavy atom. The second kappa shape index (κ2) is 6.27. The maximum absolute atomic E-state index is 12.3. The molecule has 1 aromatic carbocycles. The molecule has 0 heterocycles. The quantitative estimate of drug-likeness (QED) is 0.886. The van der Waals surface area contributed by atoms with Crippen LogP contribution in [-0.2, 0) is 11.3 Å². The lowest BCUT2D eigenvalue weighted by Gasteiger charge is -2.35. The van der Waals surface area contributed by atoms with Gasteiger partial charge in [-0.3, -0.25) is 4.79 Å². The molecule has 1 amide bonds. The fourth-order valence-electron chi connectivity index (χ4n) is 2.90. The summed E-state index contributed by atoms with van der Waals surface area (Å²) in [5.74, 6) is 1.32. The molecule has 110 valence electrons. The second-order valence-corrected chi connectivity index (χ2v) is 5.89. The fraction of sp³-hybridized carbons (Fsp3) is 0.562. The summed E-state index contributed by atoms with van der Waals surface area (Å²) in [6.07, 6.45) is 3.77. The third-order valence-electron chi connectivity index (χ3n) is 4.10. The number of ether oxygens (including phenoxy) is 1. The van der Waals surface area contributed by atoms with Crippen LogP contribution in [0.2, 0.25) is 0 Å². The molecule has 0 aromatic heterocycles. The van der Waals surface area contributed by atoms with Crippen LogP contribution >= 0.6 is 0 Å². The van der Waals surface area contributed by atoms with Crippen LogP contribution in [0.25, 0.3) is 0 Å². The average molecular weight is 276 g/mol. The molecule has 0 saturated heterocycles. The number of benzene rings is 1. The highest BCUT2D eigenvalue weighted by atomic mass is 16.5. The van der Waals surface area contributed by atoms with E-state index < -0.39 is 5.54 Å². The zero-order chi connectivity index (χ0) is 14.6. The molecule has 4 nitrogen and oxygen atoms in total. The van der Waals surface area contributed by atoms with E-state index in [1.807, 2.05) is 24.3 Å². The van der Waals surface area contributed by atoms with Gasteiger partial charge in [0.15, 0.2) is 0 Å². The van der Waals surface area contributed by atoms with Crippen molar-refractivity contribution in [1.82, 2.24) is 5.32 Å². The van der Waals surface area contributed by atoms with Crippen molar-refractivity contribution < 1.29 is 9.53 Å². The van der Waals surface area contributed by atoms with Crippen LogP contribution in [0.3, 0.4) is 0 Å². The van der Waals surface area contributed by atoms with E-state index in [4.69, 9.17) is 10.5 Å². The van der Waals surface area contributed by atoms with Gasteiger partial charge in [0.1, 0.15) is 5.75 Å². The molecule has 1 aromatic rings. The highest BCUT2D eigenvalue weighted by Gasteiger charge is 2.37. The first kappa shape index (κ1) is 14.9. The number of rotatable bonds is 4. The highest BCUT2D eigenvalue weighted by Crippen LogP contribution is 2.30. The summed E-state index contributed by atoms with van der Waals surface area (Å²) in [7, 11) is 1.64. The van der Waals surface area contributed by atoms with Gasteiger partial charge >= 0.3 is 0 Å². The molecule has 20 heavy (non-hydrogen) atoms. The number of methoxy groups -OCH3 is 1. The van der Waals surface area contributed by atoms with Gasteiger partial charge in [0.25, 0.3) is 0 Å². The topological polar surface area (TPSA) is 64.3 Å². The predicted octanol–water partition coefficient (Wildman–Crippen LogP) is 2.22. The number of nitrogens with two attached hydrogens (primary N) is 1. The molecule has 0 radical (unpaired) electrons. The van der Waals surface area contributed by atoms with Crippen LogP contribution in [0.15, 0.2) is 24.3 Å². The Hall–Kier alpha value is -1.55. The smallest absolute Gasteiger partial charge is 0.240 e. The molecule has 0 aliphatic heterocycles. The summed E-state index contributed by atoms with van der Waals surface area (Å²) in [5, 5.41) is 2.96. The zero-order valence-electron chi connectivity index (χ0n) is 12.3. The third kappa shape index (κ3) is 3.51. The third-order valence-corrected chi connectivity index (χ3v) is 4.10. The van der Waals surface area contributed by atoms with Crippen LogP contribution < -0.4 is 15.8 Å². The van der Waals surface area contributed by atoms with Gasteiger partial charge in [-0.05, 0) is 36.5 Å². The Bertz CT molecular complexity index is 458. The largest absolute Gasteiger partial charge is 0.497 e. The number of amides is 1. The SMILES string of the molecule is COc1ccc(CNC(=O)C2(N)CCCC(C)C2)cc1. The Kier molecular flexibility index (Phi) is 4.65. The van der Waals surface area contributed by atoms with E-state index >= 15 is 0 Å². The van der Waals surface area contributed by atoms with E-state index in [1.54, 1.807) is 7.11 Å². The number of nitrogens with one attached hydrogen (secondary N) is 1. The van der Waals surface area contributed by atoms with Gasteiger partial charge in [0.2, 0.25) is 5.91 Å². The molecular weight excluding hydrogens is 252 g/mol. The molecular formula is C16H24N2O2. The zero-order valence-corrected chi connectivity index (χ0v) is 12.3. The lowest BCUT2D eigenvalue weighted by Crippen LogP contribution is -2.56. The first-order valence-electron chi connectivity index (χ1n) is 7.23. The summed E-state index contributed by atoms with van der Waals surface area (Å²) < 4.78 is 5.11. The molecule has 1 aliphatic rings. The van der Waals surface area contributed by atoms with Crippen LogP contribution in [0.4, 0.5) is 0 Å². The molecule has 2 rings (SSSR count). The van der Waals surface area contributed by atoms with Crippen LogP contribution in [0.5, 0.6) is 5.75 Å². The summed E-state index contributed by atoms with van der Waals surface area (Å²) in [4.78, 5) is 12.3. The van der Waals surface area contributed by atoms with Crippen molar-refractivity contribution in [2.45, 2.75) is 44.7 Å². The lowest BCUT2D eigenvalue weighted by molar-refractivity contribution is -0.128. The molecule has 1 saturated carbocycles. The average Bonchev–Trinajstić information content (AvgIpc) is 2.45. The molecule has 2 unspecified atom stereocenters. The Balaban J connectivity index is 1.90. The van der Waals surface area contributed by atoms with Gasteiger partial charge in [0.05, 0.1) is 12.6 Å². The van der Waals surface area contributed by atoms with Gasteiger partial charge < -0.3 is 15.8 Å². The minimum atomic E-state index is -0.690. The maximum Gasteiger partial charge on any atom is 0.240 e. The van der Waals surface area contributed by atoms with E-state index in [0.29, 0.717) is 12.5 Å². The molecule has 2 atom stereocenters. The van der Waals surface area contributed by atoms with Gasteiger partial charge in [-0.15, -0.1) is 0 Å². The maximum atomic E-state index is 12.3. The molecule has 1 fully saturated rings. The predicted molar refractivity (Wildman–Crippen MR) is 79.4 cm³/mol. The Labute approximate surface area is 120 Å². The van der Waals surface area contributed by atoms with Crippen molar-refractivity contribution in [3.05, 3.63) is 29.8 Å². The van der Waals surface area contributed by atoms with E-state index in [-0.39, 0.29) is 5.91 Å². The van der Waals surface area contributed by atoms with Gasteiger partial charge in [-0.25, -0.2) is 0 Å². The van der Waals surface area contributed by atoms with Gasteiger partial charge in [-0.2, -0.15) is 0 Å².